The number of hydrogen-bond donors (Lipinski definition) is 0. The summed E-state index contributed by atoms with van der Waals surface area (Å²) in [7, 11) is 0. The van der Waals surface area contributed by atoms with E-state index in [1.54, 1.807) is 0 Å². The highest BCUT2D eigenvalue weighted by molar-refractivity contribution is 5.46. The van der Waals surface area contributed by atoms with E-state index >= 15 is 0 Å². The molecule has 1 nitrogen and oxygen atoms in total. The Bertz CT molecular complexity index is 300. The predicted octanol–water partition coefficient (Wildman–Crippen LogP) is 3.14. The summed E-state index contributed by atoms with van der Waals surface area (Å²) < 4.78 is 5.61. The molecule has 0 saturated heterocycles. The van der Waals surface area contributed by atoms with Gasteiger partial charge in [0.25, 0.3) is 0 Å². The van der Waals surface area contributed by atoms with Gasteiger partial charge in [-0.3, -0.25) is 0 Å². The lowest BCUT2D eigenvalue weighted by Gasteiger charge is -2.11. The molecule has 0 heterocycles. The van der Waals surface area contributed by atoms with E-state index in [0.717, 1.165) is 23.8 Å². The molecule has 2 rings (SSSR count). The second-order valence-corrected chi connectivity index (χ2v) is 3.54. The highest BCUT2D eigenvalue weighted by Gasteiger charge is 2.27. The fourth-order valence-corrected chi connectivity index (χ4v) is 1.64. The first-order valence-electron chi connectivity index (χ1n) is 4.90. The molecular formula is C12H15O. The van der Waals surface area contributed by atoms with Gasteiger partial charge in [-0.05, 0) is 43.7 Å². The van der Waals surface area contributed by atoms with E-state index in [9.17, 15) is 0 Å². The minimum Gasteiger partial charge on any atom is -0.493 e. The van der Waals surface area contributed by atoms with E-state index in [2.05, 4.69) is 19.1 Å². The fourth-order valence-electron chi connectivity index (χ4n) is 1.64. The van der Waals surface area contributed by atoms with Gasteiger partial charge in [0.05, 0.1) is 6.61 Å². The summed E-state index contributed by atoms with van der Waals surface area (Å²) in [6.07, 6.45) is 2.62. The summed E-state index contributed by atoms with van der Waals surface area (Å²) in [5, 5.41) is 0. The number of para-hydroxylation sites is 1. The number of ether oxygens (including phenoxy) is 1. The van der Waals surface area contributed by atoms with Crippen LogP contribution in [0.3, 0.4) is 0 Å². The zero-order chi connectivity index (χ0) is 9.26. The number of hydrogen-bond acceptors (Lipinski definition) is 1. The van der Waals surface area contributed by atoms with Gasteiger partial charge in [0.2, 0.25) is 0 Å². The minimum atomic E-state index is 0.728. The first kappa shape index (κ1) is 8.61. The Balaban J connectivity index is 2.35. The van der Waals surface area contributed by atoms with Crippen molar-refractivity contribution < 1.29 is 4.74 Å². The van der Waals surface area contributed by atoms with E-state index in [4.69, 9.17) is 4.74 Å². The molecular weight excluding hydrogens is 160 g/mol. The topological polar surface area (TPSA) is 9.23 Å². The van der Waals surface area contributed by atoms with Gasteiger partial charge in [-0.15, -0.1) is 0 Å². The molecule has 0 aromatic heterocycles. The van der Waals surface area contributed by atoms with E-state index < -0.39 is 0 Å². The van der Waals surface area contributed by atoms with Crippen LogP contribution in [0.15, 0.2) is 18.2 Å². The van der Waals surface area contributed by atoms with Crippen LogP contribution in [-0.2, 0) is 0 Å². The molecule has 0 amide bonds. The molecule has 0 aliphatic heterocycles. The molecule has 0 unspecified atom stereocenters. The van der Waals surface area contributed by atoms with Gasteiger partial charge in [-0.25, -0.2) is 0 Å². The summed E-state index contributed by atoms with van der Waals surface area (Å²) in [4.78, 5) is 0. The average Bonchev–Trinajstić information content (AvgIpc) is 2.92. The van der Waals surface area contributed by atoms with Crippen molar-refractivity contribution in [2.75, 3.05) is 6.61 Å². The van der Waals surface area contributed by atoms with Gasteiger partial charge in [-0.1, -0.05) is 18.2 Å². The van der Waals surface area contributed by atoms with Crippen LogP contribution in [0.2, 0.25) is 0 Å². The van der Waals surface area contributed by atoms with Gasteiger partial charge in [-0.2, -0.15) is 0 Å². The molecule has 0 spiro atoms. The summed E-state index contributed by atoms with van der Waals surface area (Å²) in [6.45, 7) is 6.73. The van der Waals surface area contributed by atoms with E-state index in [-0.39, 0.29) is 0 Å². The number of rotatable bonds is 3. The maximum absolute atomic E-state index is 5.61. The van der Waals surface area contributed by atoms with Gasteiger partial charge >= 0.3 is 0 Å². The lowest BCUT2D eigenvalue weighted by Crippen LogP contribution is -1.97. The fraction of sp³-hybridized carbons (Fsp3) is 0.417. The summed E-state index contributed by atoms with van der Waals surface area (Å²) >= 11 is 0. The zero-order valence-corrected chi connectivity index (χ0v) is 8.05. The standard InChI is InChI=1S/C12H15O/c1-3-13-12-9(2)5-4-6-11(12)10-7-8-10/h4-6,10H,2-3,7-8H2,1H3. The number of benzene rings is 1. The first-order chi connectivity index (χ1) is 6.33. The van der Waals surface area contributed by atoms with Crippen molar-refractivity contribution in [3.05, 3.63) is 36.2 Å². The molecule has 1 saturated carbocycles. The van der Waals surface area contributed by atoms with Crippen LogP contribution in [0.25, 0.3) is 0 Å². The first-order valence-corrected chi connectivity index (χ1v) is 4.90. The Kier molecular flexibility index (Phi) is 2.26. The second-order valence-electron chi connectivity index (χ2n) is 3.54. The average molecular weight is 175 g/mol. The smallest absolute Gasteiger partial charge is 0.125 e. The Hall–Kier alpha value is -0.980. The monoisotopic (exact) mass is 175 g/mol. The van der Waals surface area contributed by atoms with Gasteiger partial charge in [0.1, 0.15) is 5.75 Å². The summed E-state index contributed by atoms with van der Waals surface area (Å²) in [5.74, 6) is 1.76. The predicted molar refractivity (Wildman–Crippen MR) is 54.0 cm³/mol. The van der Waals surface area contributed by atoms with Crippen LogP contribution in [0.1, 0.15) is 36.8 Å². The van der Waals surface area contributed by atoms with Gasteiger partial charge in [0, 0.05) is 0 Å². The molecule has 1 aromatic carbocycles. The lowest BCUT2D eigenvalue weighted by molar-refractivity contribution is 0.335. The molecule has 1 radical (unpaired) electrons. The molecule has 1 heteroatoms. The Morgan fingerprint density at radius 1 is 1.46 bits per heavy atom. The second kappa shape index (κ2) is 3.41. The van der Waals surface area contributed by atoms with Crippen molar-refractivity contribution in [2.45, 2.75) is 25.7 Å². The minimum absolute atomic E-state index is 0.728. The molecule has 1 aliphatic rings. The van der Waals surface area contributed by atoms with Crippen molar-refractivity contribution in [3.8, 4) is 5.75 Å². The molecule has 1 fully saturated rings. The molecule has 69 valence electrons. The van der Waals surface area contributed by atoms with Crippen molar-refractivity contribution in [3.63, 3.8) is 0 Å². The van der Waals surface area contributed by atoms with E-state index in [0.29, 0.717) is 0 Å². The third kappa shape index (κ3) is 1.69. The Morgan fingerprint density at radius 3 is 2.85 bits per heavy atom. The van der Waals surface area contributed by atoms with Crippen LogP contribution >= 0.6 is 0 Å². The van der Waals surface area contributed by atoms with E-state index in [1.807, 2.05) is 13.0 Å². The molecule has 0 atom stereocenters. The SMILES string of the molecule is [CH2]c1cccc(C2CC2)c1OCC. The van der Waals surface area contributed by atoms with E-state index in [1.165, 1.54) is 18.4 Å². The molecule has 1 aliphatic carbocycles. The summed E-state index contributed by atoms with van der Waals surface area (Å²) in [6, 6.07) is 6.24. The third-order valence-corrected chi connectivity index (χ3v) is 2.43. The zero-order valence-electron chi connectivity index (χ0n) is 8.05. The quantitative estimate of drug-likeness (QED) is 0.685. The summed E-state index contributed by atoms with van der Waals surface area (Å²) in [5.41, 5.74) is 2.38. The van der Waals surface area contributed by atoms with Crippen LogP contribution in [-0.4, -0.2) is 6.61 Å². The van der Waals surface area contributed by atoms with Crippen molar-refractivity contribution in [1.29, 1.82) is 0 Å². The van der Waals surface area contributed by atoms with Crippen molar-refractivity contribution in [2.24, 2.45) is 0 Å². The largest absolute Gasteiger partial charge is 0.493 e. The van der Waals surface area contributed by atoms with Crippen LogP contribution in [0, 0.1) is 6.92 Å². The highest BCUT2D eigenvalue weighted by Crippen LogP contribution is 2.45. The molecule has 1 aromatic rings. The maximum Gasteiger partial charge on any atom is 0.125 e. The van der Waals surface area contributed by atoms with Crippen molar-refractivity contribution >= 4 is 0 Å². The molecule has 13 heavy (non-hydrogen) atoms. The Labute approximate surface area is 79.7 Å². The third-order valence-electron chi connectivity index (χ3n) is 2.43. The van der Waals surface area contributed by atoms with Crippen LogP contribution < -0.4 is 4.74 Å². The molecule has 0 N–H and O–H groups in total. The van der Waals surface area contributed by atoms with Crippen LogP contribution in [0.5, 0.6) is 5.75 Å². The normalized spacial score (nSPS) is 15.8. The Morgan fingerprint density at radius 2 is 2.23 bits per heavy atom. The van der Waals surface area contributed by atoms with Gasteiger partial charge < -0.3 is 4.74 Å². The highest BCUT2D eigenvalue weighted by atomic mass is 16.5. The van der Waals surface area contributed by atoms with Crippen molar-refractivity contribution in [1.82, 2.24) is 0 Å². The molecule has 0 bridgehead atoms. The van der Waals surface area contributed by atoms with Crippen LogP contribution in [0.4, 0.5) is 0 Å². The lowest BCUT2D eigenvalue weighted by atomic mass is 10.1. The maximum atomic E-state index is 5.61. The van der Waals surface area contributed by atoms with Gasteiger partial charge in [0.15, 0.2) is 0 Å².